The van der Waals surface area contributed by atoms with Gasteiger partial charge in [0.25, 0.3) is 0 Å². The zero-order chi connectivity index (χ0) is 14.1. The summed E-state index contributed by atoms with van der Waals surface area (Å²) in [4.78, 5) is 11.9. The average Bonchev–Trinajstić information content (AvgIpc) is 2.37. The van der Waals surface area contributed by atoms with Crippen molar-refractivity contribution >= 4 is 11.6 Å². The first-order chi connectivity index (χ1) is 9.17. The van der Waals surface area contributed by atoms with Gasteiger partial charge in [0, 0.05) is 30.3 Å². The van der Waals surface area contributed by atoms with Crippen LogP contribution in [0.25, 0.3) is 0 Å². The zero-order valence-electron chi connectivity index (χ0n) is 11.8. The summed E-state index contributed by atoms with van der Waals surface area (Å²) < 4.78 is 5.39. The number of carbonyl (C=O) groups is 1. The second kappa shape index (κ2) is 8.67. The fraction of sp³-hybridized carbons (Fsp3) is 0.533. The van der Waals surface area contributed by atoms with E-state index in [9.17, 15) is 4.79 Å². The molecule has 4 nitrogen and oxygen atoms in total. The molecule has 0 spiro atoms. The summed E-state index contributed by atoms with van der Waals surface area (Å²) in [5.74, 6) is -0.0371. The molecule has 1 atom stereocenters. The van der Waals surface area contributed by atoms with E-state index < -0.39 is 0 Å². The number of hydrogen-bond acceptors (Lipinski definition) is 3. The standard InChI is InChI=1S/C15H24N2O2/c1-3-7-13(16)10-15(18)17-14-9-6-5-8-12(14)11-19-4-2/h5-6,8-9,13H,3-4,7,10-11,16H2,1-2H3,(H,17,18). The molecule has 1 aromatic carbocycles. The highest BCUT2D eigenvalue weighted by Crippen LogP contribution is 2.16. The molecular formula is C15H24N2O2. The van der Waals surface area contributed by atoms with Gasteiger partial charge in [-0.1, -0.05) is 31.5 Å². The molecule has 0 heterocycles. The summed E-state index contributed by atoms with van der Waals surface area (Å²) >= 11 is 0. The minimum Gasteiger partial charge on any atom is -0.377 e. The molecule has 19 heavy (non-hydrogen) atoms. The number of para-hydroxylation sites is 1. The Morgan fingerprint density at radius 1 is 1.37 bits per heavy atom. The molecule has 0 fully saturated rings. The van der Waals surface area contributed by atoms with Crippen molar-refractivity contribution in [1.82, 2.24) is 0 Å². The molecule has 1 unspecified atom stereocenters. The molecule has 106 valence electrons. The van der Waals surface area contributed by atoms with Crippen molar-refractivity contribution in [1.29, 1.82) is 0 Å². The summed E-state index contributed by atoms with van der Waals surface area (Å²) in [7, 11) is 0. The molecule has 0 aliphatic carbocycles. The Bertz CT molecular complexity index is 393. The van der Waals surface area contributed by atoms with E-state index in [1.165, 1.54) is 0 Å². The van der Waals surface area contributed by atoms with E-state index in [0.717, 1.165) is 24.1 Å². The summed E-state index contributed by atoms with van der Waals surface area (Å²) in [6.07, 6.45) is 2.22. The second-order valence-electron chi connectivity index (χ2n) is 4.60. The quantitative estimate of drug-likeness (QED) is 0.758. The first-order valence-electron chi connectivity index (χ1n) is 6.88. The Hall–Kier alpha value is -1.39. The second-order valence-corrected chi connectivity index (χ2v) is 4.60. The topological polar surface area (TPSA) is 64.4 Å². The number of hydrogen-bond donors (Lipinski definition) is 2. The van der Waals surface area contributed by atoms with Gasteiger partial charge in [-0.15, -0.1) is 0 Å². The predicted octanol–water partition coefficient (Wildman–Crippen LogP) is 2.68. The number of anilines is 1. The molecule has 1 amide bonds. The van der Waals surface area contributed by atoms with E-state index in [4.69, 9.17) is 10.5 Å². The molecule has 0 saturated carbocycles. The SMILES string of the molecule is CCCC(N)CC(=O)Nc1ccccc1COCC. The highest BCUT2D eigenvalue weighted by Gasteiger charge is 2.10. The lowest BCUT2D eigenvalue weighted by Gasteiger charge is -2.13. The molecule has 1 rings (SSSR count). The van der Waals surface area contributed by atoms with Crippen LogP contribution in [0.5, 0.6) is 0 Å². The van der Waals surface area contributed by atoms with Gasteiger partial charge >= 0.3 is 0 Å². The van der Waals surface area contributed by atoms with Crippen LogP contribution in [0.4, 0.5) is 5.69 Å². The molecule has 0 radical (unpaired) electrons. The lowest BCUT2D eigenvalue weighted by Crippen LogP contribution is -2.27. The fourth-order valence-electron chi connectivity index (χ4n) is 1.89. The summed E-state index contributed by atoms with van der Waals surface area (Å²) in [6, 6.07) is 7.61. The molecule has 0 aromatic heterocycles. The minimum absolute atomic E-state index is 0.0371. The van der Waals surface area contributed by atoms with Crippen molar-refractivity contribution in [3.05, 3.63) is 29.8 Å². The van der Waals surface area contributed by atoms with Crippen molar-refractivity contribution < 1.29 is 9.53 Å². The molecule has 0 bridgehead atoms. The van der Waals surface area contributed by atoms with Gasteiger partial charge in [0.1, 0.15) is 0 Å². The number of carbonyl (C=O) groups excluding carboxylic acids is 1. The minimum atomic E-state index is -0.0657. The third-order valence-corrected chi connectivity index (χ3v) is 2.86. The van der Waals surface area contributed by atoms with E-state index in [0.29, 0.717) is 19.6 Å². The van der Waals surface area contributed by atoms with E-state index in [2.05, 4.69) is 12.2 Å². The Balaban J connectivity index is 2.58. The van der Waals surface area contributed by atoms with E-state index >= 15 is 0 Å². The number of rotatable bonds is 8. The van der Waals surface area contributed by atoms with Gasteiger partial charge in [0.05, 0.1) is 6.61 Å². The monoisotopic (exact) mass is 264 g/mol. The third kappa shape index (κ3) is 5.85. The maximum Gasteiger partial charge on any atom is 0.225 e. The Morgan fingerprint density at radius 2 is 2.11 bits per heavy atom. The van der Waals surface area contributed by atoms with Crippen LogP contribution < -0.4 is 11.1 Å². The third-order valence-electron chi connectivity index (χ3n) is 2.86. The number of ether oxygens (including phenoxy) is 1. The Labute approximate surface area is 115 Å². The van der Waals surface area contributed by atoms with Crippen molar-refractivity contribution in [2.24, 2.45) is 5.73 Å². The molecule has 0 aliphatic heterocycles. The van der Waals surface area contributed by atoms with Crippen molar-refractivity contribution in [3.63, 3.8) is 0 Å². The van der Waals surface area contributed by atoms with Gasteiger partial charge in [-0.25, -0.2) is 0 Å². The maximum absolute atomic E-state index is 11.9. The van der Waals surface area contributed by atoms with Crippen LogP contribution in [0, 0.1) is 0 Å². The molecule has 3 N–H and O–H groups in total. The summed E-state index contributed by atoms with van der Waals surface area (Å²) in [5.41, 5.74) is 7.67. The zero-order valence-corrected chi connectivity index (χ0v) is 11.8. The van der Waals surface area contributed by atoms with Gasteiger partial charge in [-0.05, 0) is 19.4 Å². The molecular weight excluding hydrogens is 240 g/mol. The highest BCUT2D eigenvalue weighted by molar-refractivity contribution is 5.91. The first kappa shape index (κ1) is 15.7. The van der Waals surface area contributed by atoms with E-state index in [-0.39, 0.29) is 11.9 Å². The molecule has 4 heteroatoms. The van der Waals surface area contributed by atoms with Crippen LogP contribution in [0.3, 0.4) is 0 Å². The van der Waals surface area contributed by atoms with Crippen LogP contribution in [0.1, 0.15) is 38.7 Å². The van der Waals surface area contributed by atoms with Gasteiger partial charge in [0.15, 0.2) is 0 Å². The largest absolute Gasteiger partial charge is 0.377 e. The van der Waals surface area contributed by atoms with Gasteiger partial charge in [-0.3, -0.25) is 4.79 Å². The van der Waals surface area contributed by atoms with Crippen LogP contribution in [0.2, 0.25) is 0 Å². The lowest BCUT2D eigenvalue weighted by atomic mass is 10.1. The first-order valence-corrected chi connectivity index (χ1v) is 6.88. The molecule has 1 aromatic rings. The van der Waals surface area contributed by atoms with Gasteiger partial charge in [-0.2, -0.15) is 0 Å². The molecule has 0 aliphatic rings. The number of amides is 1. The van der Waals surface area contributed by atoms with Crippen molar-refractivity contribution in [3.8, 4) is 0 Å². The van der Waals surface area contributed by atoms with Crippen LogP contribution in [-0.4, -0.2) is 18.6 Å². The van der Waals surface area contributed by atoms with Crippen molar-refractivity contribution in [2.75, 3.05) is 11.9 Å². The van der Waals surface area contributed by atoms with Gasteiger partial charge < -0.3 is 15.8 Å². The number of benzene rings is 1. The molecule has 0 saturated heterocycles. The van der Waals surface area contributed by atoms with Crippen LogP contribution in [-0.2, 0) is 16.1 Å². The highest BCUT2D eigenvalue weighted by atomic mass is 16.5. The summed E-state index contributed by atoms with van der Waals surface area (Å²) in [5, 5.41) is 2.91. The number of nitrogens with two attached hydrogens (primary N) is 1. The Morgan fingerprint density at radius 3 is 2.79 bits per heavy atom. The van der Waals surface area contributed by atoms with Crippen LogP contribution >= 0.6 is 0 Å². The maximum atomic E-state index is 11.9. The number of nitrogens with one attached hydrogen (secondary N) is 1. The fourth-order valence-corrected chi connectivity index (χ4v) is 1.89. The van der Waals surface area contributed by atoms with Crippen LogP contribution in [0.15, 0.2) is 24.3 Å². The van der Waals surface area contributed by atoms with E-state index in [1.54, 1.807) is 0 Å². The normalized spacial score (nSPS) is 12.2. The smallest absolute Gasteiger partial charge is 0.225 e. The average molecular weight is 264 g/mol. The predicted molar refractivity (Wildman–Crippen MR) is 77.9 cm³/mol. The van der Waals surface area contributed by atoms with Crippen molar-refractivity contribution in [2.45, 2.75) is 45.8 Å². The van der Waals surface area contributed by atoms with Gasteiger partial charge in [0.2, 0.25) is 5.91 Å². The Kier molecular flexibility index (Phi) is 7.15. The van der Waals surface area contributed by atoms with E-state index in [1.807, 2.05) is 31.2 Å². The lowest BCUT2D eigenvalue weighted by molar-refractivity contribution is -0.116. The summed E-state index contributed by atoms with van der Waals surface area (Å²) in [6.45, 7) is 5.18.